The standard InChI is InChI=1S/C16H27N/c1-6-16-14(4)9-8-10-15(16)11-13(3)12-17(5)7-2/h10-11H,6-9,12H2,1-5H3/b13-11+. The van der Waals surface area contributed by atoms with Crippen LogP contribution in [-0.2, 0) is 0 Å². The first kappa shape index (κ1) is 14.2. The van der Waals surface area contributed by atoms with Crippen molar-refractivity contribution in [3.05, 3.63) is 34.4 Å². The lowest BCUT2D eigenvalue weighted by atomic mass is 9.89. The minimum Gasteiger partial charge on any atom is -0.303 e. The zero-order valence-electron chi connectivity index (χ0n) is 12.1. The second kappa shape index (κ2) is 6.80. The monoisotopic (exact) mass is 233 g/mol. The largest absolute Gasteiger partial charge is 0.303 e. The number of hydrogen-bond acceptors (Lipinski definition) is 1. The van der Waals surface area contributed by atoms with E-state index in [1.165, 1.54) is 24.0 Å². The topological polar surface area (TPSA) is 3.24 Å². The van der Waals surface area contributed by atoms with Crippen LogP contribution in [-0.4, -0.2) is 25.0 Å². The Morgan fingerprint density at radius 3 is 2.71 bits per heavy atom. The van der Waals surface area contributed by atoms with Gasteiger partial charge in [-0.3, -0.25) is 0 Å². The summed E-state index contributed by atoms with van der Waals surface area (Å²) in [5, 5.41) is 0. The lowest BCUT2D eigenvalue weighted by Crippen LogP contribution is -2.19. The van der Waals surface area contributed by atoms with Gasteiger partial charge in [-0.1, -0.05) is 37.1 Å². The molecule has 0 aromatic heterocycles. The van der Waals surface area contributed by atoms with E-state index in [4.69, 9.17) is 0 Å². The van der Waals surface area contributed by atoms with Crippen molar-refractivity contribution in [2.24, 2.45) is 0 Å². The third-order valence-electron chi connectivity index (χ3n) is 3.56. The number of likely N-dealkylation sites (N-methyl/N-ethyl adjacent to an activating group) is 1. The minimum atomic E-state index is 1.07. The summed E-state index contributed by atoms with van der Waals surface area (Å²) < 4.78 is 0. The average molecular weight is 233 g/mol. The van der Waals surface area contributed by atoms with Crippen molar-refractivity contribution in [1.29, 1.82) is 0 Å². The third-order valence-corrected chi connectivity index (χ3v) is 3.56. The molecule has 0 heterocycles. The summed E-state index contributed by atoms with van der Waals surface area (Å²) in [6.45, 7) is 11.2. The smallest absolute Gasteiger partial charge is 0.0190 e. The first-order valence-corrected chi connectivity index (χ1v) is 6.83. The second-order valence-electron chi connectivity index (χ2n) is 5.13. The van der Waals surface area contributed by atoms with Gasteiger partial charge in [-0.15, -0.1) is 0 Å². The molecule has 0 aromatic rings. The van der Waals surface area contributed by atoms with Crippen LogP contribution in [0.2, 0.25) is 0 Å². The van der Waals surface area contributed by atoms with E-state index in [0.717, 1.165) is 19.5 Å². The van der Waals surface area contributed by atoms with E-state index in [0.29, 0.717) is 0 Å². The Labute approximate surface area is 107 Å². The molecule has 1 aliphatic carbocycles. The van der Waals surface area contributed by atoms with Crippen molar-refractivity contribution in [2.45, 2.75) is 47.0 Å². The Kier molecular flexibility index (Phi) is 5.70. The van der Waals surface area contributed by atoms with Crippen LogP contribution in [0.25, 0.3) is 0 Å². The number of hydrogen-bond donors (Lipinski definition) is 0. The maximum atomic E-state index is 2.40. The van der Waals surface area contributed by atoms with Crippen LogP contribution in [0.3, 0.4) is 0 Å². The van der Waals surface area contributed by atoms with E-state index in [1.807, 2.05) is 0 Å². The van der Waals surface area contributed by atoms with Crippen molar-refractivity contribution in [1.82, 2.24) is 4.90 Å². The van der Waals surface area contributed by atoms with E-state index in [2.05, 4.69) is 51.8 Å². The number of nitrogens with zero attached hydrogens (tertiary/aromatic N) is 1. The van der Waals surface area contributed by atoms with Crippen LogP contribution in [0.15, 0.2) is 34.4 Å². The van der Waals surface area contributed by atoms with Crippen LogP contribution in [0.5, 0.6) is 0 Å². The van der Waals surface area contributed by atoms with Crippen molar-refractivity contribution in [3.8, 4) is 0 Å². The van der Waals surface area contributed by atoms with Gasteiger partial charge in [0.15, 0.2) is 0 Å². The maximum Gasteiger partial charge on any atom is 0.0190 e. The van der Waals surface area contributed by atoms with E-state index in [9.17, 15) is 0 Å². The van der Waals surface area contributed by atoms with Gasteiger partial charge in [0.2, 0.25) is 0 Å². The molecule has 0 aliphatic heterocycles. The Bertz CT molecular complexity index is 345. The molecule has 0 radical (unpaired) electrons. The molecular weight excluding hydrogens is 206 g/mol. The molecule has 1 rings (SSSR count). The van der Waals surface area contributed by atoms with Crippen molar-refractivity contribution >= 4 is 0 Å². The second-order valence-corrected chi connectivity index (χ2v) is 5.13. The Balaban J connectivity index is 2.79. The summed E-state index contributed by atoms with van der Waals surface area (Å²) in [6, 6.07) is 0. The minimum absolute atomic E-state index is 1.07. The highest BCUT2D eigenvalue weighted by Crippen LogP contribution is 2.28. The molecule has 0 bridgehead atoms. The van der Waals surface area contributed by atoms with E-state index < -0.39 is 0 Å². The van der Waals surface area contributed by atoms with Crippen molar-refractivity contribution in [3.63, 3.8) is 0 Å². The van der Waals surface area contributed by atoms with Gasteiger partial charge in [0.1, 0.15) is 0 Å². The van der Waals surface area contributed by atoms with Crippen LogP contribution in [0.1, 0.15) is 47.0 Å². The first-order valence-electron chi connectivity index (χ1n) is 6.83. The lowest BCUT2D eigenvalue weighted by molar-refractivity contribution is 0.383. The number of rotatable bonds is 5. The van der Waals surface area contributed by atoms with Gasteiger partial charge in [0.25, 0.3) is 0 Å². The van der Waals surface area contributed by atoms with Crippen LogP contribution in [0.4, 0.5) is 0 Å². The van der Waals surface area contributed by atoms with Gasteiger partial charge in [0.05, 0.1) is 0 Å². The van der Waals surface area contributed by atoms with Crippen LogP contribution < -0.4 is 0 Å². The summed E-state index contributed by atoms with van der Waals surface area (Å²) in [6.07, 6.45) is 8.40. The van der Waals surface area contributed by atoms with Crippen molar-refractivity contribution in [2.75, 3.05) is 20.1 Å². The summed E-state index contributed by atoms with van der Waals surface area (Å²) >= 11 is 0. The molecule has 1 nitrogen and oxygen atoms in total. The quantitative estimate of drug-likeness (QED) is 0.683. The molecule has 0 fully saturated rings. The van der Waals surface area contributed by atoms with Gasteiger partial charge < -0.3 is 4.90 Å². The number of allylic oxidation sites excluding steroid dienone is 5. The van der Waals surface area contributed by atoms with Gasteiger partial charge in [0, 0.05) is 6.54 Å². The van der Waals surface area contributed by atoms with Crippen LogP contribution >= 0.6 is 0 Å². The Morgan fingerprint density at radius 2 is 2.12 bits per heavy atom. The summed E-state index contributed by atoms with van der Waals surface area (Å²) in [5.74, 6) is 0. The average Bonchev–Trinajstić information content (AvgIpc) is 2.29. The molecule has 0 saturated carbocycles. The molecule has 1 aliphatic rings. The molecular formula is C16H27N. The molecule has 0 amide bonds. The van der Waals surface area contributed by atoms with Gasteiger partial charge in [-0.25, -0.2) is 0 Å². The normalized spacial score (nSPS) is 17.8. The molecule has 0 saturated heterocycles. The molecule has 0 aromatic carbocycles. The van der Waals surface area contributed by atoms with E-state index >= 15 is 0 Å². The highest BCUT2D eigenvalue weighted by molar-refractivity contribution is 5.45. The zero-order valence-corrected chi connectivity index (χ0v) is 12.1. The summed E-state index contributed by atoms with van der Waals surface area (Å²) in [4.78, 5) is 2.34. The van der Waals surface area contributed by atoms with Gasteiger partial charge in [-0.2, -0.15) is 0 Å². The predicted octanol–water partition coefficient (Wildman–Crippen LogP) is 4.33. The van der Waals surface area contributed by atoms with Crippen molar-refractivity contribution < 1.29 is 0 Å². The SMILES string of the molecule is CCC1=C(C)CCC=C1/C=C(\C)CN(C)CC. The Morgan fingerprint density at radius 1 is 1.41 bits per heavy atom. The molecule has 0 unspecified atom stereocenters. The van der Waals surface area contributed by atoms with E-state index in [1.54, 1.807) is 11.1 Å². The van der Waals surface area contributed by atoms with E-state index in [-0.39, 0.29) is 0 Å². The van der Waals surface area contributed by atoms with Crippen LogP contribution in [0, 0.1) is 0 Å². The molecule has 0 spiro atoms. The predicted molar refractivity (Wildman–Crippen MR) is 77.2 cm³/mol. The molecule has 1 heteroatoms. The zero-order chi connectivity index (χ0) is 12.8. The molecule has 0 atom stereocenters. The fourth-order valence-corrected chi connectivity index (χ4v) is 2.47. The molecule has 17 heavy (non-hydrogen) atoms. The lowest BCUT2D eigenvalue weighted by Gasteiger charge is -2.19. The van der Waals surface area contributed by atoms with Gasteiger partial charge in [-0.05, 0) is 57.8 Å². The maximum absolute atomic E-state index is 2.40. The van der Waals surface area contributed by atoms with Gasteiger partial charge >= 0.3 is 0 Å². The fourth-order valence-electron chi connectivity index (χ4n) is 2.47. The fraction of sp³-hybridized carbons (Fsp3) is 0.625. The summed E-state index contributed by atoms with van der Waals surface area (Å²) in [7, 11) is 2.18. The first-order chi connectivity index (χ1) is 8.08. The molecule has 96 valence electrons. The highest BCUT2D eigenvalue weighted by Gasteiger charge is 2.10. The summed E-state index contributed by atoms with van der Waals surface area (Å²) in [5.41, 5.74) is 6.08. The molecule has 0 N–H and O–H groups in total. The Hall–Kier alpha value is -0.820. The highest BCUT2D eigenvalue weighted by atomic mass is 15.1. The third kappa shape index (κ3) is 4.16.